The average molecular weight is 336 g/mol. The lowest BCUT2D eigenvalue weighted by Crippen LogP contribution is -2.13. The number of ether oxygens (including phenoxy) is 1. The standard InChI is InChI=1S/C15H16N2O3S2/c1-8-13(9(2)18)22-15(16-8)17-14(19)11-6-5-10(21-4)7-12(11)20-3/h5-7H,1-4H3,(H,16,17,19). The first-order chi connectivity index (χ1) is 10.5. The number of carbonyl (C=O) groups excluding carboxylic acids is 2. The number of nitrogens with one attached hydrogen (secondary N) is 1. The number of hydrogen-bond acceptors (Lipinski definition) is 6. The van der Waals surface area contributed by atoms with E-state index in [9.17, 15) is 9.59 Å². The topological polar surface area (TPSA) is 68.3 Å². The van der Waals surface area contributed by atoms with Gasteiger partial charge in [-0.05, 0) is 31.4 Å². The van der Waals surface area contributed by atoms with Crippen molar-refractivity contribution in [3.05, 3.63) is 34.3 Å². The van der Waals surface area contributed by atoms with E-state index < -0.39 is 0 Å². The Morgan fingerprint density at radius 2 is 2.09 bits per heavy atom. The van der Waals surface area contributed by atoms with Gasteiger partial charge in [0.15, 0.2) is 10.9 Å². The van der Waals surface area contributed by atoms with Crippen LogP contribution in [-0.2, 0) is 0 Å². The van der Waals surface area contributed by atoms with E-state index in [2.05, 4.69) is 10.3 Å². The molecule has 116 valence electrons. The van der Waals surface area contributed by atoms with Crippen molar-refractivity contribution in [1.82, 2.24) is 4.98 Å². The molecule has 0 aliphatic carbocycles. The summed E-state index contributed by atoms with van der Waals surface area (Å²) in [6, 6.07) is 5.39. The number of methoxy groups -OCH3 is 1. The molecule has 7 heteroatoms. The molecule has 0 atom stereocenters. The molecule has 0 fully saturated rings. The summed E-state index contributed by atoms with van der Waals surface area (Å²) in [5.41, 5.74) is 1.05. The molecule has 0 saturated heterocycles. The van der Waals surface area contributed by atoms with Crippen LogP contribution in [0.15, 0.2) is 23.1 Å². The molecule has 0 radical (unpaired) electrons. The van der Waals surface area contributed by atoms with Crippen LogP contribution in [0, 0.1) is 6.92 Å². The molecule has 2 aromatic rings. The van der Waals surface area contributed by atoms with Crippen LogP contribution in [0.1, 0.15) is 32.6 Å². The second-order valence-corrected chi connectivity index (χ2v) is 6.39. The van der Waals surface area contributed by atoms with E-state index in [1.54, 1.807) is 24.8 Å². The zero-order valence-electron chi connectivity index (χ0n) is 12.7. The van der Waals surface area contributed by atoms with Crippen LogP contribution in [0.5, 0.6) is 5.75 Å². The lowest BCUT2D eigenvalue weighted by molar-refractivity contribution is 0.101. The summed E-state index contributed by atoms with van der Waals surface area (Å²) >= 11 is 2.75. The van der Waals surface area contributed by atoms with Gasteiger partial charge in [0.2, 0.25) is 0 Å². The second-order valence-electron chi connectivity index (χ2n) is 4.51. The normalized spacial score (nSPS) is 10.4. The summed E-state index contributed by atoms with van der Waals surface area (Å²) in [5, 5.41) is 3.12. The number of nitrogens with zero attached hydrogens (tertiary/aromatic N) is 1. The number of thiazole rings is 1. The highest BCUT2D eigenvalue weighted by Crippen LogP contribution is 2.28. The van der Waals surface area contributed by atoms with Gasteiger partial charge in [0.1, 0.15) is 5.75 Å². The molecule has 0 bridgehead atoms. The number of amides is 1. The smallest absolute Gasteiger partial charge is 0.261 e. The monoisotopic (exact) mass is 336 g/mol. The van der Waals surface area contributed by atoms with Crippen LogP contribution in [0.2, 0.25) is 0 Å². The second kappa shape index (κ2) is 6.93. The maximum absolute atomic E-state index is 12.4. The van der Waals surface area contributed by atoms with Gasteiger partial charge in [0, 0.05) is 11.8 Å². The Kier molecular flexibility index (Phi) is 5.20. The minimum absolute atomic E-state index is 0.0580. The van der Waals surface area contributed by atoms with Crippen LogP contribution in [0.25, 0.3) is 0 Å². The lowest BCUT2D eigenvalue weighted by atomic mass is 10.2. The molecule has 0 unspecified atom stereocenters. The molecule has 0 aliphatic rings. The largest absolute Gasteiger partial charge is 0.496 e. The minimum atomic E-state index is -0.312. The predicted octanol–water partition coefficient (Wildman–Crippen LogP) is 3.64. The van der Waals surface area contributed by atoms with Crippen LogP contribution in [-0.4, -0.2) is 30.0 Å². The molecule has 5 nitrogen and oxygen atoms in total. The summed E-state index contributed by atoms with van der Waals surface area (Å²) in [4.78, 5) is 29.6. The summed E-state index contributed by atoms with van der Waals surface area (Å²) in [6.45, 7) is 3.23. The van der Waals surface area contributed by atoms with Gasteiger partial charge in [-0.25, -0.2) is 4.98 Å². The number of carbonyl (C=O) groups is 2. The van der Waals surface area contributed by atoms with E-state index in [-0.39, 0.29) is 11.7 Å². The Labute approximate surface area is 137 Å². The van der Waals surface area contributed by atoms with E-state index in [4.69, 9.17) is 4.74 Å². The summed E-state index contributed by atoms with van der Waals surface area (Å²) in [7, 11) is 1.53. The molecule has 0 spiro atoms. The third-order valence-electron chi connectivity index (χ3n) is 2.99. The van der Waals surface area contributed by atoms with E-state index in [1.165, 1.54) is 25.4 Å². The van der Waals surface area contributed by atoms with Gasteiger partial charge < -0.3 is 4.74 Å². The molecule has 22 heavy (non-hydrogen) atoms. The van der Waals surface area contributed by atoms with Crippen molar-refractivity contribution in [2.75, 3.05) is 18.7 Å². The third kappa shape index (κ3) is 3.48. The van der Waals surface area contributed by atoms with Crippen LogP contribution in [0.3, 0.4) is 0 Å². The first-order valence-corrected chi connectivity index (χ1v) is 8.52. The van der Waals surface area contributed by atoms with Gasteiger partial charge in [-0.1, -0.05) is 11.3 Å². The van der Waals surface area contributed by atoms with Crippen molar-refractivity contribution in [2.24, 2.45) is 0 Å². The molecule has 0 aliphatic heterocycles. The fourth-order valence-electron chi connectivity index (χ4n) is 1.93. The number of benzene rings is 1. The number of thioether (sulfide) groups is 1. The fraction of sp³-hybridized carbons (Fsp3) is 0.267. The molecule has 1 aromatic carbocycles. The van der Waals surface area contributed by atoms with Crippen molar-refractivity contribution in [2.45, 2.75) is 18.7 Å². The molecule has 1 heterocycles. The predicted molar refractivity (Wildman–Crippen MR) is 89.6 cm³/mol. The summed E-state index contributed by atoms with van der Waals surface area (Å²) < 4.78 is 5.27. The van der Waals surface area contributed by atoms with Gasteiger partial charge >= 0.3 is 0 Å². The van der Waals surface area contributed by atoms with Gasteiger partial charge in [-0.2, -0.15) is 0 Å². The van der Waals surface area contributed by atoms with E-state index in [0.29, 0.717) is 27.0 Å². The number of Topliss-reactive ketones (excluding diaryl/α,β-unsaturated/α-hetero) is 1. The Morgan fingerprint density at radius 3 is 2.64 bits per heavy atom. The molecule has 0 saturated carbocycles. The van der Waals surface area contributed by atoms with Crippen LogP contribution < -0.4 is 10.1 Å². The Morgan fingerprint density at radius 1 is 1.36 bits per heavy atom. The summed E-state index contributed by atoms with van der Waals surface area (Å²) in [6.07, 6.45) is 1.95. The van der Waals surface area contributed by atoms with Crippen molar-refractivity contribution in [3.8, 4) is 5.75 Å². The Bertz CT molecular complexity index is 726. The number of anilines is 1. The highest BCUT2D eigenvalue weighted by atomic mass is 32.2. The average Bonchev–Trinajstić information content (AvgIpc) is 2.87. The van der Waals surface area contributed by atoms with Crippen molar-refractivity contribution in [1.29, 1.82) is 0 Å². The van der Waals surface area contributed by atoms with E-state index >= 15 is 0 Å². The molecule has 1 aromatic heterocycles. The Hall–Kier alpha value is -1.86. The molecule has 1 N–H and O–H groups in total. The van der Waals surface area contributed by atoms with Gasteiger partial charge in [-0.15, -0.1) is 11.8 Å². The zero-order chi connectivity index (χ0) is 16.3. The van der Waals surface area contributed by atoms with Gasteiger partial charge in [-0.3, -0.25) is 14.9 Å². The minimum Gasteiger partial charge on any atom is -0.496 e. The number of aromatic nitrogens is 1. The fourth-order valence-corrected chi connectivity index (χ4v) is 3.21. The highest BCUT2D eigenvalue weighted by Gasteiger charge is 2.17. The molecule has 1 amide bonds. The quantitative estimate of drug-likeness (QED) is 0.667. The zero-order valence-corrected chi connectivity index (χ0v) is 14.4. The van der Waals surface area contributed by atoms with Crippen LogP contribution in [0.4, 0.5) is 5.13 Å². The maximum atomic E-state index is 12.4. The van der Waals surface area contributed by atoms with Crippen molar-refractivity contribution in [3.63, 3.8) is 0 Å². The van der Waals surface area contributed by atoms with Crippen molar-refractivity contribution < 1.29 is 14.3 Å². The van der Waals surface area contributed by atoms with E-state index in [1.807, 2.05) is 18.4 Å². The molecule has 2 rings (SSSR count). The lowest BCUT2D eigenvalue weighted by Gasteiger charge is -2.09. The number of rotatable bonds is 5. The Balaban J connectivity index is 2.26. The SMILES string of the molecule is COc1cc(SC)ccc1C(=O)Nc1nc(C)c(C(C)=O)s1. The van der Waals surface area contributed by atoms with Gasteiger partial charge in [0.05, 0.1) is 23.2 Å². The number of aryl methyl sites for hydroxylation is 1. The highest BCUT2D eigenvalue weighted by molar-refractivity contribution is 7.98. The van der Waals surface area contributed by atoms with Gasteiger partial charge in [0.25, 0.3) is 5.91 Å². The van der Waals surface area contributed by atoms with E-state index in [0.717, 1.165) is 4.90 Å². The van der Waals surface area contributed by atoms with Crippen LogP contribution >= 0.6 is 23.1 Å². The summed E-state index contributed by atoms with van der Waals surface area (Å²) in [5.74, 6) is 0.134. The number of hydrogen-bond donors (Lipinski definition) is 1. The molecular formula is C15H16N2O3S2. The van der Waals surface area contributed by atoms with Crippen molar-refractivity contribution >= 4 is 39.9 Å². The third-order valence-corrected chi connectivity index (χ3v) is 4.89. The maximum Gasteiger partial charge on any atom is 0.261 e. The molecular weight excluding hydrogens is 320 g/mol. The number of ketones is 1. The first-order valence-electron chi connectivity index (χ1n) is 6.48. The first kappa shape index (κ1) is 16.5.